The Balaban J connectivity index is 1.08. The van der Waals surface area contributed by atoms with Gasteiger partial charge in [0, 0.05) is 59.0 Å². The van der Waals surface area contributed by atoms with Gasteiger partial charge in [-0.15, -0.1) is 11.3 Å². The normalized spacial score (nSPS) is 13.3. The van der Waals surface area contributed by atoms with E-state index in [1.165, 1.54) is 80.7 Å². The first-order valence-electron chi connectivity index (χ1n) is 23.3. The van der Waals surface area contributed by atoms with E-state index < -0.39 is 5.41 Å². The maximum absolute atomic E-state index is 6.73. The number of para-hydroxylation sites is 4. The molecule has 2 nitrogen and oxygen atoms in total. The summed E-state index contributed by atoms with van der Waals surface area (Å²) in [6.45, 7) is 0. The molecule has 0 N–H and O–H groups in total. The lowest BCUT2D eigenvalue weighted by molar-refractivity contribution is 0.436. The molecule has 1 aromatic heterocycles. The first-order chi connectivity index (χ1) is 33.7. The summed E-state index contributed by atoms with van der Waals surface area (Å²) in [7, 11) is 0. The highest BCUT2D eigenvalue weighted by Gasteiger charge is 2.51. The van der Waals surface area contributed by atoms with Crippen molar-refractivity contribution < 1.29 is 4.74 Å². The van der Waals surface area contributed by atoms with Crippen LogP contribution in [0.25, 0.3) is 64.5 Å². The number of hydrogen-bond donors (Lipinski definition) is 0. The van der Waals surface area contributed by atoms with Gasteiger partial charge in [-0.05, 0) is 110 Å². The van der Waals surface area contributed by atoms with Gasteiger partial charge in [-0.3, -0.25) is 0 Å². The van der Waals surface area contributed by atoms with Gasteiger partial charge in [0.2, 0.25) is 0 Å². The lowest BCUT2D eigenvalue weighted by Crippen LogP contribution is -2.32. The fourth-order valence-corrected chi connectivity index (χ4v) is 12.8. The molecule has 12 aromatic rings. The molecule has 0 bridgehead atoms. The zero-order valence-corrected chi connectivity index (χ0v) is 37.8. The SMILES string of the molecule is C(=C(\c1ccc2c(c1)C1(c3ccccc3Oc3ccccc31)c1ccccc1-2)c1cc2ccccc2c2c1sc1c3ccccc3c(N(c3ccccc3)c3ccccc3)cc12)/c1ccccc1. The maximum atomic E-state index is 6.73. The van der Waals surface area contributed by atoms with Gasteiger partial charge >= 0.3 is 0 Å². The summed E-state index contributed by atoms with van der Waals surface area (Å²) >= 11 is 1.92. The number of thiophene rings is 1. The first-order valence-corrected chi connectivity index (χ1v) is 24.1. The molecule has 0 unspecified atom stereocenters. The standard InChI is InChI=1S/C65H41NOS/c1-4-20-42(21-5-1)38-52(44-36-37-49-48-28-14-15-31-55(48)65(58(49)40-44)56-32-16-18-34-60(56)67-61-35-19-17-33-57(61)65)53-39-43-22-10-11-27-47(43)62-54-41-59(50-29-12-13-30-51(50)63(54)68-64(53)62)66(45-23-6-2-7-24-45)46-25-8-3-9-26-46/h1-41H/b52-38-. The zero-order valence-electron chi connectivity index (χ0n) is 36.9. The monoisotopic (exact) mass is 883 g/mol. The number of ether oxygens (including phenoxy) is 1. The van der Waals surface area contributed by atoms with Gasteiger partial charge in [0.25, 0.3) is 0 Å². The second-order valence-corrected chi connectivity index (χ2v) is 18.9. The van der Waals surface area contributed by atoms with Crippen LogP contribution in [0.2, 0.25) is 0 Å². The summed E-state index contributed by atoms with van der Waals surface area (Å²) in [4.78, 5) is 2.42. The summed E-state index contributed by atoms with van der Waals surface area (Å²) in [5.74, 6) is 1.79. The van der Waals surface area contributed by atoms with Crippen molar-refractivity contribution in [3.8, 4) is 22.6 Å². The zero-order chi connectivity index (χ0) is 44.8. The fourth-order valence-electron chi connectivity index (χ4n) is 11.4. The molecule has 14 rings (SSSR count). The summed E-state index contributed by atoms with van der Waals surface area (Å²) in [6, 6.07) is 88.7. The topological polar surface area (TPSA) is 12.5 Å². The molecule has 1 spiro atoms. The van der Waals surface area contributed by atoms with Gasteiger partial charge < -0.3 is 9.64 Å². The van der Waals surface area contributed by atoms with Crippen LogP contribution in [0.4, 0.5) is 17.1 Å². The van der Waals surface area contributed by atoms with Crippen molar-refractivity contribution in [2.24, 2.45) is 0 Å². The van der Waals surface area contributed by atoms with Crippen LogP contribution in [0.3, 0.4) is 0 Å². The highest BCUT2D eigenvalue weighted by atomic mass is 32.1. The molecule has 0 amide bonds. The van der Waals surface area contributed by atoms with Crippen LogP contribution >= 0.6 is 11.3 Å². The van der Waals surface area contributed by atoms with Crippen LogP contribution in [-0.2, 0) is 5.41 Å². The molecular weight excluding hydrogens is 843 g/mol. The molecule has 11 aromatic carbocycles. The highest BCUT2D eigenvalue weighted by molar-refractivity contribution is 7.27. The minimum atomic E-state index is -0.583. The third kappa shape index (κ3) is 5.70. The van der Waals surface area contributed by atoms with Gasteiger partial charge in [0.1, 0.15) is 11.5 Å². The molecule has 0 atom stereocenters. The van der Waals surface area contributed by atoms with Crippen molar-refractivity contribution in [2.45, 2.75) is 5.41 Å². The number of fused-ring (bicyclic) bond motifs is 16. The smallest absolute Gasteiger partial charge is 0.132 e. The molecule has 0 radical (unpaired) electrons. The molecule has 0 saturated carbocycles. The van der Waals surface area contributed by atoms with Crippen molar-refractivity contribution >= 4 is 81.8 Å². The molecule has 1 aliphatic carbocycles. The second kappa shape index (κ2) is 15.3. The van der Waals surface area contributed by atoms with Crippen LogP contribution in [0.5, 0.6) is 11.5 Å². The van der Waals surface area contributed by atoms with Crippen LogP contribution in [0.1, 0.15) is 38.9 Å². The average molecular weight is 884 g/mol. The molecule has 1 aliphatic heterocycles. The van der Waals surface area contributed by atoms with E-state index in [1.54, 1.807) is 0 Å². The molecule has 2 heterocycles. The Morgan fingerprint density at radius 2 is 0.985 bits per heavy atom. The third-order valence-electron chi connectivity index (χ3n) is 14.3. The minimum Gasteiger partial charge on any atom is -0.457 e. The minimum absolute atomic E-state index is 0.583. The van der Waals surface area contributed by atoms with E-state index in [0.29, 0.717) is 0 Å². The second-order valence-electron chi connectivity index (χ2n) is 17.9. The van der Waals surface area contributed by atoms with E-state index >= 15 is 0 Å². The van der Waals surface area contributed by atoms with Crippen LogP contribution in [0.15, 0.2) is 243 Å². The van der Waals surface area contributed by atoms with Crippen molar-refractivity contribution in [1.82, 2.24) is 0 Å². The van der Waals surface area contributed by atoms with Crippen LogP contribution < -0.4 is 9.64 Å². The lowest BCUT2D eigenvalue weighted by atomic mass is 9.66. The number of benzene rings is 11. The van der Waals surface area contributed by atoms with E-state index in [4.69, 9.17) is 4.74 Å². The molecule has 2 aliphatic rings. The van der Waals surface area contributed by atoms with Gasteiger partial charge in [-0.25, -0.2) is 0 Å². The Bertz CT molecular complexity index is 3920. The number of hydrogen-bond acceptors (Lipinski definition) is 3. The Morgan fingerprint density at radius 1 is 0.426 bits per heavy atom. The largest absolute Gasteiger partial charge is 0.457 e. The van der Waals surface area contributed by atoms with Gasteiger partial charge in [-0.1, -0.05) is 188 Å². The van der Waals surface area contributed by atoms with Gasteiger partial charge in [0.05, 0.1) is 11.1 Å². The molecule has 68 heavy (non-hydrogen) atoms. The van der Waals surface area contributed by atoms with Crippen LogP contribution in [-0.4, -0.2) is 0 Å². The average Bonchev–Trinajstić information content (AvgIpc) is 3.94. The number of nitrogens with zero attached hydrogens (tertiary/aromatic N) is 1. The molecule has 0 saturated heterocycles. The Hall–Kier alpha value is -8.50. The van der Waals surface area contributed by atoms with E-state index in [-0.39, 0.29) is 0 Å². The van der Waals surface area contributed by atoms with E-state index in [2.05, 4.69) is 254 Å². The van der Waals surface area contributed by atoms with Crippen LogP contribution in [0, 0.1) is 0 Å². The Kier molecular flexibility index (Phi) is 8.71. The summed E-state index contributed by atoms with van der Waals surface area (Å²) in [5, 5.41) is 7.46. The van der Waals surface area contributed by atoms with Crippen molar-refractivity contribution in [3.63, 3.8) is 0 Å². The van der Waals surface area contributed by atoms with E-state index in [1.807, 2.05) is 11.3 Å². The van der Waals surface area contributed by atoms with Gasteiger partial charge in [-0.2, -0.15) is 0 Å². The van der Waals surface area contributed by atoms with Crippen molar-refractivity contribution in [2.75, 3.05) is 4.90 Å². The molecule has 318 valence electrons. The molecule has 3 heteroatoms. The highest BCUT2D eigenvalue weighted by Crippen LogP contribution is 2.62. The van der Waals surface area contributed by atoms with E-state index in [9.17, 15) is 0 Å². The van der Waals surface area contributed by atoms with E-state index in [0.717, 1.165) is 45.3 Å². The maximum Gasteiger partial charge on any atom is 0.132 e. The number of rotatable bonds is 6. The molecular formula is C65H41NOS. The summed E-state index contributed by atoms with van der Waals surface area (Å²) in [5.41, 5.74) is 14.9. The Labute approximate surface area is 398 Å². The van der Waals surface area contributed by atoms with Crippen molar-refractivity contribution in [1.29, 1.82) is 0 Å². The predicted octanol–water partition coefficient (Wildman–Crippen LogP) is 17.9. The predicted molar refractivity (Wildman–Crippen MR) is 286 cm³/mol. The lowest BCUT2D eigenvalue weighted by Gasteiger charge is -2.39. The quantitative estimate of drug-likeness (QED) is 0.154. The van der Waals surface area contributed by atoms with Gasteiger partial charge in [0.15, 0.2) is 0 Å². The Morgan fingerprint density at radius 3 is 1.69 bits per heavy atom. The fraction of sp³-hybridized carbons (Fsp3) is 0.0154. The number of anilines is 3. The summed E-state index contributed by atoms with van der Waals surface area (Å²) in [6.07, 6.45) is 2.41. The third-order valence-corrected chi connectivity index (χ3v) is 15.5. The summed E-state index contributed by atoms with van der Waals surface area (Å²) < 4.78 is 9.29. The first kappa shape index (κ1) is 38.7. The molecule has 0 fully saturated rings. The van der Waals surface area contributed by atoms with Crippen molar-refractivity contribution in [3.05, 3.63) is 282 Å².